The number of phenolic OH excluding ortho intramolecular Hbond substituents is 1. The van der Waals surface area contributed by atoms with Crippen LogP contribution in [0.15, 0.2) is 41.4 Å². The van der Waals surface area contributed by atoms with E-state index in [4.69, 9.17) is 16.3 Å². The molecule has 2 N–H and O–H groups in total. The van der Waals surface area contributed by atoms with Crippen LogP contribution in [0.3, 0.4) is 0 Å². The molecule has 5 nitrogen and oxygen atoms in total. The number of carbonyl (C=O) groups excluding carboxylic acids is 1. The highest BCUT2D eigenvalue weighted by molar-refractivity contribution is 9.10. The summed E-state index contributed by atoms with van der Waals surface area (Å²) in [5.41, 5.74) is 1.15. The van der Waals surface area contributed by atoms with Crippen LogP contribution in [0, 0.1) is 11.3 Å². The summed E-state index contributed by atoms with van der Waals surface area (Å²) in [6.45, 7) is 3.40. The minimum atomic E-state index is -0.505. The van der Waals surface area contributed by atoms with Crippen LogP contribution in [0.5, 0.6) is 11.5 Å². The maximum Gasteiger partial charge on any atom is 0.247 e. The molecule has 0 aliphatic heterocycles. The molecule has 0 spiro atoms. The van der Waals surface area contributed by atoms with E-state index >= 15 is 0 Å². The van der Waals surface area contributed by atoms with E-state index in [1.807, 2.05) is 6.07 Å². The molecule has 0 aromatic heterocycles. The Bertz CT molecular complexity index is 875. The Balaban J connectivity index is 2.92. The highest BCUT2D eigenvalue weighted by atomic mass is 79.9. The van der Waals surface area contributed by atoms with Crippen LogP contribution >= 0.6 is 27.5 Å². The zero-order valence-corrected chi connectivity index (χ0v) is 14.9. The summed E-state index contributed by atoms with van der Waals surface area (Å²) in [7, 11) is 1.38. The summed E-state index contributed by atoms with van der Waals surface area (Å²) in [4.78, 5) is 11.8. The van der Waals surface area contributed by atoms with Crippen molar-refractivity contribution in [3.8, 4) is 28.7 Å². The lowest BCUT2D eigenvalue weighted by atomic mass is 9.98. The number of nitrogens with zero attached hydrogens (tertiary/aromatic N) is 1. The van der Waals surface area contributed by atoms with Gasteiger partial charge >= 0.3 is 0 Å². The molecule has 122 valence electrons. The number of carbonyl (C=O) groups is 1. The maximum atomic E-state index is 11.8. The van der Waals surface area contributed by atoms with Crippen molar-refractivity contribution in [2.45, 2.75) is 0 Å². The van der Waals surface area contributed by atoms with E-state index in [-0.39, 0.29) is 27.2 Å². The van der Waals surface area contributed by atoms with Crippen LogP contribution in [0.1, 0.15) is 5.56 Å². The van der Waals surface area contributed by atoms with Crippen molar-refractivity contribution in [1.29, 1.82) is 5.26 Å². The van der Waals surface area contributed by atoms with Crippen molar-refractivity contribution >= 4 is 39.1 Å². The van der Waals surface area contributed by atoms with Crippen molar-refractivity contribution < 1.29 is 14.6 Å². The third-order valence-electron chi connectivity index (χ3n) is 3.23. The van der Waals surface area contributed by atoms with Gasteiger partial charge in [0.25, 0.3) is 0 Å². The largest absolute Gasteiger partial charge is 0.503 e. The van der Waals surface area contributed by atoms with Crippen molar-refractivity contribution in [3.05, 3.63) is 52.0 Å². The monoisotopic (exact) mass is 406 g/mol. The number of methoxy groups -OCH3 is 1. The Morgan fingerprint density at radius 3 is 2.79 bits per heavy atom. The Kier molecular flexibility index (Phi) is 5.50. The number of rotatable bonds is 4. The van der Waals surface area contributed by atoms with E-state index in [1.54, 1.807) is 24.3 Å². The third kappa shape index (κ3) is 3.23. The highest BCUT2D eigenvalue weighted by Crippen LogP contribution is 2.50. The van der Waals surface area contributed by atoms with Gasteiger partial charge in [-0.15, -0.1) is 0 Å². The second kappa shape index (κ2) is 7.39. The number of nitrogens with one attached hydrogen (secondary N) is 1. The number of hydrogen-bond acceptors (Lipinski definition) is 4. The molecule has 2 aromatic rings. The van der Waals surface area contributed by atoms with Gasteiger partial charge < -0.3 is 15.2 Å². The summed E-state index contributed by atoms with van der Waals surface area (Å²) < 4.78 is 5.41. The normalized spacial score (nSPS) is 9.92. The molecule has 0 heterocycles. The molecule has 0 aliphatic rings. The molecule has 0 unspecified atom stereocenters. The number of amides is 1. The van der Waals surface area contributed by atoms with Gasteiger partial charge in [-0.25, -0.2) is 0 Å². The van der Waals surface area contributed by atoms with Gasteiger partial charge in [0.2, 0.25) is 5.91 Å². The Morgan fingerprint density at radius 1 is 1.54 bits per heavy atom. The molecule has 7 heteroatoms. The quantitative estimate of drug-likeness (QED) is 0.578. The second-order valence-corrected chi connectivity index (χ2v) is 5.87. The fourth-order valence-electron chi connectivity index (χ4n) is 2.21. The predicted molar refractivity (Wildman–Crippen MR) is 96.3 cm³/mol. The number of anilines is 1. The van der Waals surface area contributed by atoms with Gasteiger partial charge in [-0.1, -0.05) is 30.3 Å². The van der Waals surface area contributed by atoms with E-state index < -0.39 is 5.91 Å². The van der Waals surface area contributed by atoms with Crippen LogP contribution in [0.4, 0.5) is 5.69 Å². The van der Waals surface area contributed by atoms with Gasteiger partial charge in [0.15, 0.2) is 11.5 Å². The predicted octanol–water partition coefficient (Wildman–Crippen LogP) is 4.48. The van der Waals surface area contributed by atoms with Crippen molar-refractivity contribution in [2.24, 2.45) is 0 Å². The van der Waals surface area contributed by atoms with Gasteiger partial charge in [0.05, 0.1) is 28.4 Å². The van der Waals surface area contributed by atoms with Crippen LogP contribution in [-0.2, 0) is 4.79 Å². The topological polar surface area (TPSA) is 82.4 Å². The van der Waals surface area contributed by atoms with Crippen molar-refractivity contribution in [2.75, 3.05) is 12.4 Å². The molecule has 0 bridgehead atoms. The highest BCUT2D eigenvalue weighted by Gasteiger charge is 2.25. The molecule has 0 aliphatic carbocycles. The molecular formula is C17H12BrClN2O3. The first-order valence-corrected chi connectivity index (χ1v) is 7.83. The maximum absolute atomic E-state index is 11.8. The molecule has 1 amide bonds. The summed E-state index contributed by atoms with van der Waals surface area (Å²) in [5.74, 6) is -0.655. The van der Waals surface area contributed by atoms with E-state index in [0.29, 0.717) is 16.1 Å². The number of halogens is 2. The first-order valence-electron chi connectivity index (χ1n) is 6.66. The molecule has 2 aromatic carbocycles. The number of benzene rings is 2. The van der Waals surface area contributed by atoms with E-state index in [9.17, 15) is 15.2 Å². The van der Waals surface area contributed by atoms with Gasteiger partial charge in [-0.05, 0) is 39.7 Å². The van der Waals surface area contributed by atoms with Crippen LogP contribution in [0.2, 0.25) is 5.02 Å². The number of phenols is 1. The number of nitriles is 1. The van der Waals surface area contributed by atoms with Gasteiger partial charge in [-0.3, -0.25) is 4.79 Å². The number of hydrogen-bond donors (Lipinski definition) is 2. The molecule has 0 radical (unpaired) electrons. The number of aromatic hydroxyl groups is 1. The fourth-order valence-corrected chi connectivity index (χ4v) is 2.86. The smallest absolute Gasteiger partial charge is 0.247 e. The molecule has 0 atom stereocenters. The lowest BCUT2D eigenvalue weighted by Gasteiger charge is -2.19. The van der Waals surface area contributed by atoms with E-state index in [0.717, 1.165) is 6.08 Å². The summed E-state index contributed by atoms with van der Waals surface area (Å²) in [6, 6.07) is 8.72. The summed E-state index contributed by atoms with van der Waals surface area (Å²) in [5, 5.41) is 22.9. The minimum absolute atomic E-state index is 0.0541. The zero-order chi connectivity index (χ0) is 17.9. The fraction of sp³-hybridized carbons (Fsp3) is 0.0588. The van der Waals surface area contributed by atoms with E-state index in [2.05, 4.69) is 27.8 Å². The van der Waals surface area contributed by atoms with Crippen molar-refractivity contribution in [1.82, 2.24) is 0 Å². The number of ether oxygens (including phenoxy) is 1. The average Bonchev–Trinajstić information content (AvgIpc) is 2.57. The first-order chi connectivity index (χ1) is 11.4. The lowest BCUT2D eigenvalue weighted by molar-refractivity contribution is -0.111. The molecule has 2 rings (SSSR count). The zero-order valence-electron chi connectivity index (χ0n) is 12.6. The Labute approximate surface area is 152 Å². The standard InChI is InChI=1S/C17H12BrClN2O3/c1-3-12(22)21-15-11(8-20)14(18)16(23)17(24-2)13(15)9-5-4-6-10(19)7-9/h3-7,23H,1H2,2H3,(H,21,22). The SMILES string of the molecule is C=CC(=O)Nc1c(C#N)c(Br)c(O)c(OC)c1-c1cccc(Cl)c1. The van der Waals surface area contributed by atoms with E-state index in [1.165, 1.54) is 7.11 Å². The molecular weight excluding hydrogens is 396 g/mol. The van der Waals surface area contributed by atoms with Crippen LogP contribution in [0.25, 0.3) is 11.1 Å². The third-order valence-corrected chi connectivity index (χ3v) is 4.24. The van der Waals surface area contributed by atoms with Gasteiger partial charge in [0, 0.05) is 5.02 Å². The molecule has 0 fully saturated rings. The molecule has 0 saturated heterocycles. The van der Waals surface area contributed by atoms with Crippen LogP contribution < -0.4 is 10.1 Å². The summed E-state index contributed by atoms with van der Waals surface area (Å²) in [6.07, 6.45) is 1.08. The Hall–Kier alpha value is -2.49. The molecule has 0 saturated carbocycles. The lowest BCUT2D eigenvalue weighted by Crippen LogP contribution is -2.11. The Morgan fingerprint density at radius 2 is 2.25 bits per heavy atom. The second-order valence-electron chi connectivity index (χ2n) is 4.64. The van der Waals surface area contributed by atoms with Crippen molar-refractivity contribution in [3.63, 3.8) is 0 Å². The molecule has 24 heavy (non-hydrogen) atoms. The van der Waals surface area contributed by atoms with Crippen LogP contribution in [-0.4, -0.2) is 18.1 Å². The average molecular weight is 408 g/mol. The first kappa shape index (κ1) is 17.9. The summed E-state index contributed by atoms with van der Waals surface area (Å²) >= 11 is 9.20. The minimum Gasteiger partial charge on any atom is -0.503 e. The van der Waals surface area contributed by atoms with Gasteiger partial charge in [0.1, 0.15) is 6.07 Å². The van der Waals surface area contributed by atoms with Gasteiger partial charge in [-0.2, -0.15) is 5.26 Å².